The van der Waals surface area contributed by atoms with Crippen molar-refractivity contribution in [1.29, 1.82) is 0 Å². The molecule has 92 valence electrons. The molecule has 3 heteroatoms. The Morgan fingerprint density at radius 1 is 1.41 bits per heavy atom. The number of hydrogen-bond donors (Lipinski definition) is 1. The molecule has 0 saturated carbocycles. The zero-order valence-electron chi connectivity index (χ0n) is 10.4. The SMILES string of the molecule is CC(C)c1ccc2c(c1)CN(C(=O)CO)CC2. The molecule has 0 unspecified atom stereocenters. The van der Waals surface area contributed by atoms with Gasteiger partial charge in [0.25, 0.3) is 0 Å². The van der Waals surface area contributed by atoms with Gasteiger partial charge >= 0.3 is 0 Å². The van der Waals surface area contributed by atoms with Crippen molar-refractivity contribution in [3.8, 4) is 0 Å². The smallest absolute Gasteiger partial charge is 0.248 e. The number of aliphatic hydroxyl groups excluding tert-OH is 1. The molecule has 17 heavy (non-hydrogen) atoms. The van der Waals surface area contributed by atoms with Gasteiger partial charge in [0.2, 0.25) is 5.91 Å². The lowest BCUT2D eigenvalue weighted by atomic mass is 9.93. The Labute approximate surface area is 102 Å². The summed E-state index contributed by atoms with van der Waals surface area (Å²) >= 11 is 0. The summed E-state index contributed by atoms with van der Waals surface area (Å²) in [5.74, 6) is 0.329. The Balaban J connectivity index is 2.23. The van der Waals surface area contributed by atoms with Crippen LogP contribution in [0.3, 0.4) is 0 Å². The Morgan fingerprint density at radius 3 is 2.82 bits per heavy atom. The first-order chi connectivity index (χ1) is 8.11. The number of rotatable bonds is 2. The van der Waals surface area contributed by atoms with E-state index >= 15 is 0 Å². The van der Waals surface area contributed by atoms with E-state index in [1.807, 2.05) is 0 Å². The van der Waals surface area contributed by atoms with E-state index in [2.05, 4.69) is 32.0 Å². The van der Waals surface area contributed by atoms with Crippen LogP contribution in [0.25, 0.3) is 0 Å². The van der Waals surface area contributed by atoms with Crippen LogP contribution in [0.5, 0.6) is 0 Å². The highest BCUT2D eigenvalue weighted by atomic mass is 16.3. The van der Waals surface area contributed by atoms with Gasteiger partial charge in [-0.2, -0.15) is 0 Å². The summed E-state index contributed by atoms with van der Waals surface area (Å²) in [6.07, 6.45) is 0.888. The predicted molar refractivity (Wildman–Crippen MR) is 66.7 cm³/mol. The summed E-state index contributed by atoms with van der Waals surface area (Å²) in [6.45, 7) is 5.30. The second-order valence-electron chi connectivity index (χ2n) is 4.91. The first-order valence-corrected chi connectivity index (χ1v) is 6.12. The third-order valence-corrected chi connectivity index (χ3v) is 3.40. The number of benzene rings is 1. The third-order valence-electron chi connectivity index (χ3n) is 3.40. The van der Waals surface area contributed by atoms with Gasteiger partial charge < -0.3 is 10.0 Å². The Hall–Kier alpha value is -1.35. The minimum atomic E-state index is -0.390. The molecule has 0 aliphatic carbocycles. The number of fused-ring (bicyclic) bond motifs is 1. The van der Waals surface area contributed by atoms with Gasteiger partial charge in [0.1, 0.15) is 6.61 Å². The van der Waals surface area contributed by atoms with Crippen molar-refractivity contribution in [3.05, 3.63) is 34.9 Å². The topological polar surface area (TPSA) is 40.5 Å². The van der Waals surface area contributed by atoms with Crippen molar-refractivity contribution < 1.29 is 9.90 Å². The first kappa shape index (κ1) is 12.1. The van der Waals surface area contributed by atoms with Crippen LogP contribution in [0, 0.1) is 0 Å². The molecule has 0 spiro atoms. The van der Waals surface area contributed by atoms with Crippen LogP contribution in [0.1, 0.15) is 36.5 Å². The number of amides is 1. The number of aliphatic hydroxyl groups is 1. The summed E-state index contributed by atoms with van der Waals surface area (Å²) in [4.78, 5) is 13.2. The zero-order chi connectivity index (χ0) is 12.4. The predicted octanol–water partition coefficient (Wildman–Crippen LogP) is 1.69. The summed E-state index contributed by atoms with van der Waals surface area (Å²) in [5.41, 5.74) is 3.86. The van der Waals surface area contributed by atoms with E-state index in [0.717, 1.165) is 6.42 Å². The molecule has 1 N–H and O–H groups in total. The van der Waals surface area contributed by atoms with Crippen molar-refractivity contribution in [2.75, 3.05) is 13.2 Å². The highest BCUT2D eigenvalue weighted by Crippen LogP contribution is 2.23. The van der Waals surface area contributed by atoms with Gasteiger partial charge in [-0.3, -0.25) is 4.79 Å². The van der Waals surface area contributed by atoms with Gasteiger partial charge in [-0.05, 0) is 29.0 Å². The maximum atomic E-state index is 11.5. The number of carbonyl (C=O) groups is 1. The Morgan fingerprint density at radius 2 is 2.18 bits per heavy atom. The fraction of sp³-hybridized carbons (Fsp3) is 0.500. The fourth-order valence-electron chi connectivity index (χ4n) is 2.25. The number of carbonyl (C=O) groups excluding carboxylic acids is 1. The molecule has 1 aliphatic heterocycles. The standard InChI is InChI=1S/C14H19NO2/c1-10(2)12-4-3-11-5-6-15(14(17)9-16)8-13(11)7-12/h3-4,7,10,16H,5-6,8-9H2,1-2H3. The molecule has 0 atom stereocenters. The molecule has 1 aromatic carbocycles. The highest BCUT2D eigenvalue weighted by molar-refractivity contribution is 5.77. The fourth-order valence-corrected chi connectivity index (χ4v) is 2.25. The van der Waals surface area contributed by atoms with E-state index in [4.69, 9.17) is 5.11 Å². The number of hydrogen-bond acceptors (Lipinski definition) is 2. The second kappa shape index (κ2) is 4.88. The van der Waals surface area contributed by atoms with E-state index in [0.29, 0.717) is 19.0 Å². The molecule has 1 aliphatic rings. The van der Waals surface area contributed by atoms with Crippen LogP contribution >= 0.6 is 0 Å². The number of nitrogens with zero attached hydrogens (tertiary/aromatic N) is 1. The average Bonchev–Trinajstić information content (AvgIpc) is 2.36. The van der Waals surface area contributed by atoms with Crippen molar-refractivity contribution >= 4 is 5.91 Å². The third kappa shape index (κ3) is 2.50. The molecule has 2 rings (SSSR count). The van der Waals surface area contributed by atoms with Crippen molar-refractivity contribution in [1.82, 2.24) is 4.90 Å². The van der Waals surface area contributed by atoms with Gasteiger partial charge in [0.15, 0.2) is 0 Å². The quantitative estimate of drug-likeness (QED) is 0.844. The highest BCUT2D eigenvalue weighted by Gasteiger charge is 2.20. The summed E-state index contributed by atoms with van der Waals surface area (Å²) in [6, 6.07) is 6.54. The van der Waals surface area contributed by atoms with Crippen molar-refractivity contribution in [2.45, 2.75) is 32.7 Å². The Bertz CT molecular complexity index is 426. The van der Waals surface area contributed by atoms with Crippen LogP contribution < -0.4 is 0 Å². The molecule has 0 radical (unpaired) electrons. The van der Waals surface area contributed by atoms with Gasteiger partial charge in [-0.25, -0.2) is 0 Å². The zero-order valence-corrected chi connectivity index (χ0v) is 10.4. The summed E-state index contributed by atoms with van der Waals surface area (Å²) < 4.78 is 0. The molecule has 0 bridgehead atoms. The minimum absolute atomic E-state index is 0.175. The van der Waals surface area contributed by atoms with E-state index in [1.54, 1.807) is 4.90 Å². The molecule has 1 heterocycles. The lowest BCUT2D eigenvalue weighted by Crippen LogP contribution is -2.37. The Kier molecular flexibility index (Phi) is 3.48. The van der Waals surface area contributed by atoms with Crippen LogP contribution in [-0.4, -0.2) is 29.1 Å². The van der Waals surface area contributed by atoms with Crippen LogP contribution in [0.2, 0.25) is 0 Å². The van der Waals surface area contributed by atoms with Crippen LogP contribution in [0.15, 0.2) is 18.2 Å². The normalized spacial score (nSPS) is 14.9. The van der Waals surface area contributed by atoms with Gasteiger partial charge in [-0.15, -0.1) is 0 Å². The second-order valence-corrected chi connectivity index (χ2v) is 4.91. The van der Waals surface area contributed by atoms with E-state index in [1.165, 1.54) is 16.7 Å². The summed E-state index contributed by atoms with van der Waals surface area (Å²) in [5, 5.41) is 8.89. The molecule has 0 fully saturated rings. The monoisotopic (exact) mass is 233 g/mol. The van der Waals surface area contributed by atoms with E-state index < -0.39 is 0 Å². The molecule has 3 nitrogen and oxygen atoms in total. The maximum Gasteiger partial charge on any atom is 0.248 e. The van der Waals surface area contributed by atoms with Gasteiger partial charge in [-0.1, -0.05) is 32.0 Å². The molecular weight excluding hydrogens is 214 g/mol. The molecule has 1 amide bonds. The van der Waals surface area contributed by atoms with Crippen molar-refractivity contribution in [3.63, 3.8) is 0 Å². The van der Waals surface area contributed by atoms with Crippen LogP contribution in [0.4, 0.5) is 0 Å². The average molecular weight is 233 g/mol. The van der Waals surface area contributed by atoms with Gasteiger partial charge in [0.05, 0.1) is 0 Å². The van der Waals surface area contributed by atoms with Gasteiger partial charge in [0, 0.05) is 13.1 Å². The van der Waals surface area contributed by atoms with Crippen molar-refractivity contribution in [2.24, 2.45) is 0 Å². The first-order valence-electron chi connectivity index (χ1n) is 6.12. The maximum absolute atomic E-state index is 11.5. The molecule has 1 aromatic rings. The minimum Gasteiger partial charge on any atom is -0.387 e. The summed E-state index contributed by atoms with van der Waals surface area (Å²) in [7, 11) is 0. The molecular formula is C14H19NO2. The largest absolute Gasteiger partial charge is 0.387 e. The lowest BCUT2D eigenvalue weighted by molar-refractivity contribution is -0.135. The van der Waals surface area contributed by atoms with E-state index in [-0.39, 0.29) is 12.5 Å². The van der Waals surface area contributed by atoms with E-state index in [9.17, 15) is 4.79 Å². The lowest BCUT2D eigenvalue weighted by Gasteiger charge is -2.29. The molecule has 0 saturated heterocycles. The molecule has 0 aromatic heterocycles. The van der Waals surface area contributed by atoms with Crippen LogP contribution in [-0.2, 0) is 17.8 Å².